The Balaban J connectivity index is 0.000000226. The zero-order chi connectivity index (χ0) is 25.5. The van der Waals surface area contributed by atoms with Crippen LogP contribution in [0.5, 0.6) is 0 Å². The molecule has 0 heterocycles. The molecule has 0 aliphatic carbocycles. The molecule has 0 spiro atoms. The third-order valence-electron chi connectivity index (χ3n) is 5.15. The van der Waals surface area contributed by atoms with Crippen LogP contribution in [0.2, 0.25) is 10.0 Å². The van der Waals surface area contributed by atoms with Crippen molar-refractivity contribution in [1.82, 2.24) is 0 Å². The molecule has 0 atom stereocenters. The Bertz CT molecular complexity index is 1300. The molecule has 4 aromatic carbocycles. The molecule has 0 saturated carbocycles. The number of nitrogen functional groups attached to an aromatic ring is 2. The number of nitrogens with two attached hydrogens (primary N) is 2. The first-order valence-corrected chi connectivity index (χ1v) is 10.2. The lowest BCUT2D eigenvalue weighted by Gasteiger charge is -2.33. The first-order valence-electron chi connectivity index (χ1n) is 9.46. The number of halogens is 8. The largest absolute Gasteiger partial charge is 0.430 e. The number of aliphatic hydroxyl groups is 1. The molecule has 0 bridgehead atoms. The van der Waals surface area contributed by atoms with E-state index in [1.807, 2.05) is 36.4 Å². The molecule has 0 amide bonds. The Morgan fingerprint density at radius 1 is 0.618 bits per heavy atom. The number of hydrogen-bond donors (Lipinski definition) is 3. The predicted molar refractivity (Wildman–Crippen MR) is 123 cm³/mol. The Kier molecular flexibility index (Phi) is 6.85. The Labute approximate surface area is 199 Å². The van der Waals surface area contributed by atoms with Crippen LogP contribution in [0.15, 0.2) is 66.7 Å². The van der Waals surface area contributed by atoms with Crippen LogP contribution in [-0.2, 0) is 5.60 Å². The number of rotatable bonds is 1. The summed E-state index contributed by atoms with van der Waals surface area (Å²) in [5, 5.41) is 11.9. The summed E-state index contributed by atoms with van der Waals surface area (Å²) in [6.07, 6.45) is -12.0. The fraction of sp³-hybridized carbons (Fsp3) is 0.130. The van der Waals surface area contributed by atoms with E-state index in [1.54, 1.807) is 0 Å². The van der Waals surface area contributed by atoms with Crippen molar-refractivity contribution in [3.05, 3.63) is 82.3 Å². The van der Waals surface area contributed by atoms with E-state index in [-0.39, 0.29) is 15.8 Å². The lowest BCUT2D eigenvalue weighted by Crippen LogP contribution is -2.54. The third kappa shape index (κ3) is 4.43. The molecule has 4 aromatic rings. The number of fused-ring (bicyclic) bond motifs is 2. The molecule has 34 heavy (non-hydrogen) atoms. The molecule has 11 heteroatoms. The molecule has 0 radical (unpaired) electrons. The average molecular weight is 521 g/mol. The zero-order valence-corrected chi connectivity index (χ0v) is 18.5. The van der Waals surface area contributed by atoms with Crippen molar-refractivity contribution < 1.29 is 31.4 Å². The minimum absolute atomic E-state index is 0.114. The molecule has 0 fully saturated rings. The Morgan fingerprint density at radius 2 is 1.06 bits per heavy atom. The second-order valence-corrected chi connectivity index (χ2v) is 8.07. The van der Waals surface area contributed by atoms with Gasteiger partial charge in [0.15, 0.2) is 0 Å². The summed E-state index contributed by atoms with van der Waals surface area (Å²) in [6.45, 7) is 0. The Hall–Kier alpha value is -2.88. The molecule has 180 valence electrons. The molecular weight excluding hydrogens is 505 g/mol. The van der Waals surface area contributed by atoms with Crippen LogP contribution >= 0.6 is 23.2 Å². The highest BCUT2D eigenvalue weighted by Gasteiger charge is 2.72. The molecule has 0 unspecified atom stereocenters. The van der Waals surface area contributed by atoms with Gasteiger partial charge in [-0.15, -0.1) is 0 Å². The van der Waals surface area contributed by atoms with E-state index < -0.39 is 29.2 Å². The fourth-order valence-electron chi connectivity index (χ4n) is 3.40. The number of anilines is 2. The van der Waals surface area contributed by atoms with Gasteiger partial charge >= 0.3 is 12.4 Å². The quantitative estimate of drug-likeness (QED) is 0.180. The SMILES string of the molecule is Nc1c(C(O)(C(F)(F)F)C(F)(F)F)cc(Cl)c2ccccc12.Nc1ccc(Cl)c2ccccc12. The van der Waals surface area contributed by atoms with Crippen LogP contribution in [0.3, 0.4) is 0 Å². The summed E-state index contributed by atoms with van der Waals surface area (Å²) < 4.78 is 77.6. The van der Waals surface area contributed by atoms with Crippen molar-refractivity contribution >= 4 is 56.1 Å². The van der Waals surface area contributed by atoms with Gasteiger partial charge in [-0.2, -0.15) is 26.3 Å². The lowest BCUT2D eigenvalue weighted by atomic mass is 9.88. The molecule has 0 aromatic heterocycles. The van der Waals surface area contributed by atoms with Gasteiger partial charge in [0, 0.05) is 48.5 Å². The van der Waals surface area contributed by atoms with Crippen LogP contribution in [0, 0.1) is 0 Å². The van der Waals surface area contributed by atoms with Crippen molar-refractivity contribution in [2.45, 2.75) is 18.0 Å². The monoisotopic (exact) mass is 520 g/mol. The van der Waals surface area contributed by atoms with E-state index in [0.29, 0.717) is 6.07 Å². The van der Waals surface area contributed by atoms with Crippen molar-refractivity contribution in [3.63, 3.8) is 0 Å². The first kappa shape index (κ1) is 25.7. The lowest BCUT2D eigenvalue weighted by molar-refractivity contribution is -0.375. The van der Waals surface area contributed by atoms with Crippen molar-refractivity contribution in [2.24, 2.45) is 0 Å². The van der Waals surface area contributed by atoms with Gasteiger partial charge in [0.05, 0.1) is 0 Å². The van der Waals surface area contributed by atoms with E-state index in [2.05, 4.69) is 0 Å². The van der Waals surface area contributed by atoms with Gasteiger partial charge in [-0.3, -0.25) is 0 Å². The summed E-state index contributed by atoms with van der Waals surface area (Å²) in [6, 6.07) is 17.3. The molecule has 4 rings (SSSR count). The summed E-state index contributed by atoms with van der Waals surface area (Å²) in [4.78, 5) is 0. The number of hydrogen-bond acceptors (Lipinski definition) is 3. The van der Waals surface area contributed by atoms with E-state index in [0.717, 1.165) is 21.5 Å². The molecule has 3 nitrogen and oxygen atoms in total. The van der Waals surface area contributed by atoms with Gasteiger partial charge in [-0.05, 0) is 18.2 Å². The van der Waals surface area contributed by atoms with Crippen LogP contribution in [0.25, 0.3) is 21.5 Å². The fourth-order valence-corrected chi connectivity index (χ4v) is 3.91. The highest BCUT2D eigenvalue weighted by Crippen LogP contribution is 2.53. The third-order valence-corrected chi connectivity index (χ3v) is 5.79. The number of benzene rings is 4. The molecule has 0 aliphatic heterocycles. The standard InChI is InChI=1S/C13H8ClF6NO.C10H8ClN/c14-9-5-8(10(21)7-4-2-1-3-6(7)9)11(22,12(15,16)17)13(18,19)20;11-9-5-6-10(12)8-4-2-1-3-7(8)9/h1-5,22H,21H2;1-6H,12H2. The van der Waals surface area contributed by atoms with Gasteiger partial charge in [-0.25, -0.2) is 0 Å². The van der Waals surface area contributed by atoms with E-state index in [4.69, 9.17) is 34.7 Å². The number of alkyl halides is 6. The highest BCUT2D eigenvalue weighted by atomic mass is 35.5. The maximum absolute atomic E-state index is 12.9. The van der Waals surface area contributed by atoms with E-state index in [9.17, 15) is 31.4 Å². The molecule has 0 saturated heterocycles. The van der Waals surface area contributed by atoms with Crippen molar-refractivity contribution in [1.29, 1.82) is 0 Å². The topological polar surface area (TPSA) is 72.3 Å². The summed E-state index contributed by atoms with van der Waals surface area (Å²) in [7, 11) is 0. The van der Waals surface area contributed by atoms with Gasteiger partial charge < -0.3 is 16.6 Å². The van der Waals surface area contributed by atoms with Crippen LogP contribution < -0.4 is 11.5 Å². The summed E-state index contributed by atoms with van der Waals surface area (Å²) >= 11 is 11.7. The maximum atomic E-state index is 12.9. The average Bonchev–Trinajstić information content (AvgIpc) is 2.77. The smallest absolute Gasteiger partial charge is 0.398 e. The minimum Gasteiger partial charge on any atom is -0.398 e. The van der Waals surface area contributed by atoms with Crippen molar-refractivity contribution in [2.75, 3.05) is 11.5 Å². The first-order chi connectivity index (χ1) is 15.7. The highest BCUT2D eigenvalue weighted by molar-refractivity contribution is 6.36. The second-order valence-electron chi connectivity index (χ2n) is 7.25. The molecule has 5 N–H and O–H groups in total. The molecule has 0 aliphatic rings. The van der Waals surface area contributed by atoms with Gasteiger partial charge in [0.1, 0.15) is 0 Å². The van der Waals surface area contributed by atoms with E-state index in [1.165, 1.54) is 24.3 Å². The van der Waals surface area contributed by atoms with E-state index >= 15 is 0 Å². The maximum Gasteiger partial charge on any atom is 0.430 e. The summed E-state index contributed by atoms with van der Waals surface area (Å²) in [5.74, 6) is 0. The van der Waals surface area contributed by atoms with Gasteiger partial charge in [0.2, 0.25) is 0 Å². The molecular formula is C23H16Cl2F6N2O. The normalized spacial score (nSPS) is 12.5. The second kappa shape index (κ2) is 9.05. The predicted octanol–water partition coefficient (Wildman–Crippen LogP) is 7.46. The van der Waals surface area contributed by atoms with Gasteiger partial charge in [0.25, 0.3) is 5.60 Å². The van der Waals surface area contributed by atoms with Crippen LogP contribution in [0.4, 0.5) is 37.7 Å². The van der Waals surface area contributed by atoms with Crippen LogP contribution in [0.1, 0.15) is 5.56 Å². The zero-order valence-electron chi connectivity index (χ0n) is 17.0. The minimum atomic E-state index is -6.02. The van der Waals surface area contributed by atoms with Gasteiger partial charge in [-0.1, -0.05) is 71.7 Å². The van der Waals surface area contributed by atoms with Crippen LogP contribution in [-0.4, -0.2) is 17.5 Å². The Morgan fingerprint density at radius 3 is 1.53 bits per heavy atom. The summed E-state index contributed by atoms with van der Waals surface area (Å²) in [5.41, 5.74) is 4.49. The van der Waals surface area contributed by atoms with Crippen molar-refractivity contribution in [3.8, 4) is 0 Å².